The molecule has 0 aromatic carbocycles. The average molecular weight is 250 g/mol. The van der Waals surface area contributed by atoms with Gasteiger partial charge in [0.2, 0.25) is 0 Å². The first-order valence-electron chi connectivity index (χ1n) is 5.73. The van der Waals surface area contributed by atoms with Gasteiger partial charge < -0.3 is 4.74 Å². The molecular weight excluding hydrogens is 228 g/mol. The second-order valence-electron chi connectivity index (χ2n) is 4.48. The normalized spacial score (nSPS) is 22.2. The van der Waals surface area contributed by atoms with Crippen molar-refractivity contribution in [1.29, 1.82) is 0 Å². The predicted octanol–water partition coefficient (Wildman–Crippen LogP) is 0.588. The maximum absolute atomic E-state index is 11.9. The van der Waals surface area contributed by atoms with Crippen molar-refractivity contribution < 1.29 is 13.2 Å². The summed E-state index contributed by atoms with van der Waals surface area (Å²) in [5.74, 6) is 0.629. The van der Waals surface area contributed by atoms with Crippen molar-refractivity contribution in [3.63, 3.8) is 0 Å². The summed E-state index contributed by atoms with van der Waals surface area (Å²) in [6.07, 6.45) is 1.79. The van der Waals surface area contributed by atoms with Crippen molar-refractivity contribution >= 4 is 10.2 Å². The largest absolute Gasteiger partial charge is 0.380 e. The summed E-state index contributed by atoms with van der Waals surface area (Å²) in [5.41, 5.74) is 0. The van der Waals surface area contributed by atoms with Crippen LogP contribution in [0.5, 0.6) is 0 Å². The first-order valence-corrected chi connectivity index (χ1v) is 7.17. The van der Waals surface area contributed by atoms with Crippen molar-refractivity contribution in [1.82, 2.24) is 9.03 Å². The molecule has 1 aliphatic heterocycles. The lowest BCUT2D eigenvalue weighted by atomic mass is 10.0. The first kappa shape index (κ1) is 13.9. The lowest BCUT2D eigenvalue weighted by Crippen LogP contribution is -2.46. The van der Waals surface area contributed by atoms with Crippen molar-refractivity contribution in [2.75, 3.05) is 26.7 Å². The van der Waals surface area contributed by atoms with Crippen molar-refractivity contribution in [3.05, 3.63) is 0 Å². The van der Waals surface area contributed by atoms with E-state index in [4.69, 9.17) is 4.74 Å². The Morgan fingerprint density at radius 1 is 1.44 bits per heavy atom. The zero-order chi connectivity index (χ0) is 12.2. The van der Waals surface area contributed by atoms with Gasteiger partial charge in [-0.15, -0.1) is 0 Å². The van der Waals surface area contributed by atoms with Crippen LogP contribution in [0.15, 0.2) is 0 Å². The smallest absolute Gasteiger partial charge is 0.279 e. The molecule has 0 aliphatic carbocycles. The van der Waals surface area contributed by atoms with Gasteiger partial charge in [-0.1, -0.05) is 6.92 Å². The van der Waals surface area contributed by atoms with Gasteiger partial charge in [-0.25, -0.2) is 0 Å². The molecule has 1 heterocycles. The zero-order valence-electron chi connectivity index (χ0n) is 10.3. The number of rotatable bonds is 5. The molecule has 1 unspecified atom stereocenters. The van der Waals surface area contributed by atoms with E-state index < -0.39 is 10.2 Å². The van der Waals surface area contributed by atoms with Crippen molar-refractivity contribution in [3.8, 4) is 0 Å². The third-order valence-electron chi connectivity index (χ3n) is 3.04. The number of methoxy groups -OCH3 is 1. The predicted molar refractivity (Wildman–Crippen MR) is 63.4 cm³/mol. The van der Waals surface area contributed by atoms with E-state index in [9.17, 15) is 8.42 Å². The van der Waals surface area contributed by atoms with Crippen LogP contribution in [-0.4, -0.2) is 45.6 Å². The minimum atomic E-state index is -3.31. The Labute approximate surface area is 98.3 Å². The summed E-state index contributed by atoms with van der Waals surface area (Å²) in [4.78, 5) is 0. The second-order valence-corrected chi connectivity index (χ2v) is 6.24. The first-order chi connectivity index (χ1) is 7.45. The van der Waals surface area contributed by atoms with E-state index in [1.165, 1.54) is 4.31 Å². The van der Waals surface area contributed by atoms with Crippen LogP contribution in [-0.2, 0) is 14.9 Å². The van der Waals surface area contributed by atoms with E-state index in [0.29, 0.717) is 25.6 Å². The third-order valence-corrected chi connectivity index (χ3v) is 4.61. The van der Waals surface area contributed by atoms with Crippen LogP contribution < -0.4 is 4.72 Å². The van der Waals surface area contributed by atoms with E-state index in [0.717, 1.165) is 12.8 Å². The number of hydrogen-bond donors (Lipinski definition) is 1. The second kappa shape index (κ2) is 5.95. The van der Waals surface area contributed by atoms with Crippen LogP contribution >= 0.6 is 0 Å². The number of ether oxygens (including phenoxy) is 1. The molecule has 0 aromatic heterocycles. The molecule has 5 nitrogen and oxygen atoms in total. The van der Waals surface area contributed by atoms with Gasteiger partial charge in [-0.3, -0.25) is 0 Å². The fourth-order valence-corrected chi connectivity index (χ4v) is 2.94. The van der Waals surface area contributed by atoms with E-state index in [1.807, 2.05) is 6.92 Å². The van der Waals surface area contributed by atoms with Gasteiger partial charge in [0.05, 0.1) is 6.10 Å². The molecule has 0 bridgehead atoms. The molecule has 0 aromatic rings. The molecule has 0 radical (unpaired) electrons. The maximum atomic E-state index is 11.9. The molecule has 1 fully saturated rings. The highest BCUT2D eigenvalue weighted by molar-refractivity contribution is 7.87. The van der Waals surface area contributed by atoms with Gasteiger partial charge in [0.1, 0.15) is 0 Å². The van der Waals surface area contributed by atoms with E-state index in [2.05, 4.69) is 11.6 Å². The Kier molecular flexibility index (Phi) is 5.17. The van der Waals surface area contributed by atoms with Gasteiger partial charge in [0.25, 0.3) is 10.2 Å². The summed E-state index contributed by atoms with van der Waals surface area (Å²) >= 11 is 0. The summed E-state index contributed by atoms with van der Waals surface area (Å²) in [6.45, 7) is 5.56. The van der Waals surface area contributed by atoms with Crippen LogP contribution in [0, 0.1) is 5.92 Å². The Balaban J connectivity index is 2.44. The van der Waals surface area contributed by atoms with E-state index in [-0.39, 0.29) is 6.10 Å². The quantitative estimate of drug-likeness (QED) is 0.777. The van der Waals surface area contributed by atoms with Crippen molar-refractivity contribution in [2.24, 2.45) is 5.92 Å². The number of piperidine rings is 1. The van der Waals surface area contributed by atoms with Gasteiger partial charge in [0.15, 0.2) is 0 Å². The van der Waals surface area contributed by atoms with Gasteiger partial charge in [-0.2, -0.15) is 17.4 Å². The molecule has 1 rings (SSSR count). The minimum Gasteiger partial charge on any atom is -0.380 e. The van der Waals surface area contributed by atoms with Gasteiger partial charge >= 0.3 is 0 Å². The van der Waals surface area contributed by atoms with Gasteiger partial charge in [0, 0.05) is 26.7 Å². The summed E-state index contributed by atoms with van der Waals surface area (Å²) in [6, 6.07) is 0. The van der Waals surface area contributed by atoms with Crippen LogP contribution in [0.1, 0.15) is 26.7 Å². The Morgan fingerprint density at radius 3 is 2.50 bits per heavy atom. The van der Waals surface area contributed by atoms with E-state index in [1.54, 1.807) is 7.11 Å². The summed E-state index contributed by atoms with van der Waals surface area (Å²) in [7, 11) is -1.74. The molecule has 0 amide bonds. The Hall–Kier alpha value is -0.170. The number of nitrogens with one attached hydrogen (secondary N) is 1. The topological polar surface area (TPSA) is 58.6 Å². The molecule has 6 heteroatoms. The molecule has 1 N–H and O–H groups in total. The highest BCUT2D eigenvalue weighted by Crippen LogP contribution is 2.17. The lowest BCUT2D eigenvalue weighted by molar-refractivity contribution is 0.121. The Morgan fingerprint density at radius 2 is 2.00 bits per heavy atom. The molecule has 0 saturated carbocycles. The molecule has 1 atom stereocenters. The monoisotopic (exact) mass is 250 g/mol. The van der Waals surface area contributed by atoms with Crippen LogP contribution in [0.25, 0.3) is 0 Å². The standard InChI is InChI=1S/C10H22N2O3S/c1-9-4-6-12(7-5-9)16(13,14)11-8-10(2)15-3/h9-11H,4-8H2,1-3H3. The van der Waals surface area contributed by atoms with Crippen LogP contribution in [0.4, 0.5) is 0 Å². The van der Waals surface area contributed by atoms with E-state index >= 15 is 0 Å². The summed E-state index contributed by atoms with van der Waals surface area (Å²) < 4.78 is 32.8. The zero-order valence-corrected chi connectivity index (χ0v) is 11.1. The van der Waals surface area contributed by atoms with Crippen molar-refractivity contribution in [2.45, 2.75) is 32.8 Å². The minimum absolute atomic E-state index is 0.0986. The van der Waals surface area contributed by atoms with Gasteiger partial charge in [-0.05, 0) is 25.7 Å². The highest BCUT2D eigenvalue weighted by Gasteiger charge is 2.26. The molecule has 16 heavy (non-hydrogen) atoms. The lowest BCUT2D eigenvalue weighted by Gasteiger charge is -2.29. The fraction of sp³-hybridized carbons (Fsp3) is 1.00. The molecule has 1 aliphatic rings. The SMILES string of the molecule is COC(C)CNS(=O)(=O)N1CCC(C)CC1. The Bertz CT molecular complexity index is 297. The highest BCUT2D eigenvalue weighted by atomic mass is 32.2. The third kappa shape index (κ3) is 4.01. The molecule has 96 valence electrons. The molecule has 1 saturated heterocycles. The van der Waals surface area contributed by atoms with Crippen LogP contribution in [0.3, 0.4) is 0 Å². The molecular formula is C10H22N2O3S. The van der Waals surface area contributed by atoms with Crippen LogP contribution in [0.2, 0.25) is 0 Å². The summed E-state index contributed by atoms with van der Waals surface area (Å²) in [5, 5.41) is 0. The number of hydrogen-bond acceptors (Lipinski definition) is 3. The average Bonchev–Trinajstić information content (AvgIpc) is 2.26. The molecule has 0 spiro atoms. The maximum Gasteiger partial charge on any atom is 0.279 e. The fourth-order valence-electron chi connectivity index (χ4n) is 1.62. The number of nitrogens with zero attached hydrogens (tertiary/aromatic N) is 1.